The number of carbonyl (C=O) groups excluding carboxylic acids is 1. The molecule has 3 rings (SSSR count). The summed E-state index contributed by atoms with van der Waals surface area (Å²) in [5, 5.41) is 2.93. The number of halogens is 2. The monoisotopic (exact) mass is 360 g/mol. The lowest BCUT2D eigenvalue weighted by Gasteiger charge is -2.09. The fourth-order valence-corrected chi connectivity index (χ4v) is 2.69. The second-order valence-corrected chi connectivity index (χ2v) is 5.67. The van der Waals surface area contributed by atoms with Crippen LogP contribution in [0.2, 0.25) is 0 Å². The summed E-state index contributed by atoms with van der Waals surface area (Å²) in [5.41, 5.74) is 6.67. The maximum absolute atomic E-state index is 13.8. The normalized spacial score (nSPS) is 11.0. The Morgan fingerprint density at radius 3 is 2.77 bits per heavy atom. The molecule has 0 saturated carbocycles. The van der Waals surface area contributed by atoms with Gasteiger partial charge >= 0.3 is 0 Å². The van der Waals surface area contributed by atoms with Crippen LogP contribution in [0.5, 0.6) is 11.5 Å². The molecule has 26 heavy (non-hydrogen) atoms. The standard InChI is InChI=1S/C18H18F2N4O2/c1-2-24-15-8-12(26-16-6-3-11(19)7-13(16)20)4-5-14(15)23-18(24)10-22-9-17(21)25/h3-8,22H,2,9-10H2,1H3,(H2,21,25). The number of ether oxygens (including phenoxy) is 1. The molecule has 0 atom stereocenters. The third kappa shape index (κ3) is 3.80. The van der Waals surface area contributed by atoms with E-state index in [2.05, 4.69) is 10.3 Å². The second kappa shape index (κ2) is 7.49. The van der Waals surface area contributed by atoms with Gasteiger partial charge in [-0.15, -0.1) is 0 Å². The van der Waals surface area contributed by atoms with Crippen molar-refractivity contribution in [2.45, 2.75) is 20.0 Å². The van der Waals surface area contributed by atoms with Crippen molar-refractivity contribution in [2.24, 2.45) is 5.73 Å². The second-order valence-electron chi connectivity index (χ2n) is 5.67. The molecule has 0 radical (unpaired) electrons. The van der Waals surface area contributed by atoms with Gasteiger partial charge in [0.1, 0.15) is 17.4 Å². The van der Waals surface area contributed by atoms with Gasteiger partial charge in [-0.25, -0.2) is 13.8 Å². The average Bonchev–Trinajstić information content (AvgIpc) is 2.93. The van der Waals surface area contributed by atoms with Gasteiger partial charge in [-0.1, -0.05) is 0 Å². The number of nitrogens with one attached hydrogen (secondary N) is 1. The minimum absolute atomic E-state index is 0.0586. The maximum atomic E-state index is 13.8. The van der Waals surface area contributed by atoms with Crippen molar-refractivity contribution < 1.29 is 18.3 Å². The van der Waals surface area contributed by atoms with Crippen molar-refractivity contribution in [2.75, 3.05) is 6.54 Å². The van der Waals surface area contributed by atoms with Gasteiger partial charge in [0, 0.05) is 18.7 Å². The zero-order chi connectivity index (χ0) is 18.7. The summed E-state index contributed by atoms with van der Waals surface area (Å²) < 4.78 is 34.3. The lowest BCUT2D eigenvalue weighted by atomic mass is 10.3. The minimum Gasteiger partial charge on any atom is -0.454 e. The molecule has 1 heterocycles. The lowest BCUT2D eigenvalue weighted by molar-refractivity contribution is -0.117. The molecule has 0 aliphatic carbocycles. The molecule has 8 heteroatoms. The van der Waals surface area contributed by atoms with Gasteiger partial charge in [-0.2, -0.15) is 0 Å². The molecule has 0 spiro atoms. The van der Waals surface area contributed by atoms with Gasteiger partial charge in [0.2, 0.25) is 5.91 Å². The zero-order valence-electron chi connectivity index (χ0n) is 14.1. The summed E-state index contributed by atoms with van der Waals surface area (Å²) in [6.07, 6.45) is 0. The van der Waals surface area contributed by atoms with Crippen molar-refractivity contribution in [3.8, 4) is 11.5 Å². The number of aromatic nitrogens is 2. The van der Waals surface area contributed by atoms with E-state index in [0.29, 0.717) is 18.8 Å². The molecule has 2 aromatic carbocycles. The Balaban J connectivity index is 1.88. The van der Waals surface area contributed by atoms with E-state index in [1.807, 2.05) is 11.5 Å². The van der Waals surface area contributed by atoms with Gasteiger partial charge in [0.15, 0.2) is 11.6 Å². The molecule has 0 aliphatic rings. The number of benzene rings is 2. The topological polar surface area (TPSA) is 82.2 Å². The first kappa shape index (κ1) is 17.8. The van der Waals surface area contributed by atoms with Crippen molar-refractivity contribution in [1.29, 1.82) is 0 Å². The highest BCUT2D eigenvalue weighted by molar-refractivity contribution is 5.78. The van der Waals surface area contributed by atoms with E-state index in [-0.39, 0.29) is 12.3 Å². The van der Waals surface area contributed by atoms with Crippen LogP contribution in [0.3, 0.4) is 0 Å². The van der Waals surface area contributed by atoms with Crippen LogP contribution in [0.1, 0.15) is 12.7 Å². The first-order chi connectivity index (χ1) is 12.5. The predicted octanol–water partition coefficient (Wildman–Crippen LogP) is 2.70. The molecule has 0 fully saturated rings. The number of carbonyl (C=O) groups is 1. The fraction of sp³-hybridized carbons (Fsp3) is 0.222. The summed E-state index contributed by atoms with van der Waals surface area (Å²) in [6, 6.07) is 8.31. The van der Waals surface area contributed by atoms with Gasteiger partial charge in [0.25, 0.3) is 0 Å². The number of imidazole rings is 1. The van der Waals surface area contributed by atoms with Crippen LogP contribution in [0.25, 0.3) is 11.0 Å². The molecule has 1 aromatic heterocycles. The number of nitrogens with two attached hydrogens (primary N) is 1. The van der Waals surface area contributed by atoms with Gasteiger partial charge in [-0.3, -0.25) is 4.79 Å². The molecule has 3 aromatic rings. The molecular weight excluding hydrogens is 342 g/mol. The van der Waals surface area contributed by atoms with Gasteiger partial charge < -0.3 is 20.4 Å². The molecule has 0 saturated heterocycles. The lowest BCUT2D eigenvalue weighted by Crippen LogP contribution is -2.29. The number of hydrogen-bond donors (Lipinski definition) is 2. The third-order valence-corrected chi connectivity index (χ3v) is 3.82. The Kier molecular flexibility index (Phi) is 5.13. The van der Waals surface area contributed by atoms with E-state index in [1.54, 1.807) is 18.2 Å². The Bertz CT molecular complexity index is 956. The highest BCUT2D eigenvalue weighted by Gasteiger charge is 2.12. The summed E-state index contributed by atoms with van der Waals surface area (Å²) in [5.74, 6) is -0.783. The van der Waals surface area contributed by atoms with Crippen LogP contribution in [0, 0.1) is 11.6 Å². The van der Waals surface area contributed by atoms with Crippen LogP contribution in [0.15, 0.2) is 36.4 Å². The Morgan fingerprint density at radius 1 is 1.27 bits per heavy atom. The van der Waals surface area contributed by atoms with Crippen molar-refractivity contribution in [1.82, 2.24) is 14.9 Å². The van der Waals surface area contributed by atoms with E-state index in [4.69, 9.17) is 10.5 Å². The number of amides is 1. The Morgan fingerprint density at radius 2 is 2.08 bits per heavy atom. The zero-order valence-corrected chi connectivity index (χ0v) is 14.1. The van der Waals surface area contributed by atoms with E-state index in [9.17, 15) is 13.6 Å². The number of hydrogen-bond acceptors (Lipinski definition) is 4. The number of rotatable bonds is 7. The minimum atomic E-state index is -0.773. The van der Waals surface area contributed by atoms with Crippen molar-refractivity contribution in [3.05, 3.63) is 53.9 Å². The quantitative estimate of drug-likeness (QED) is 0.679. The maximum Gasteiger partial charge on any atom is 0.231 e. The third-order valence-electron chi connectivity index (χ3n) is 3.82. The first-order valence-electron chi connectivity index (χ1n) is 8.09. The summed E-state index contributed by atoms with van der Waals surface area (Å²) in [6.45, 7) is 3.06. The summed E-state index contributed by atoms with van der Waals surface area (Å²) in [4.78, 5) is 15.4. The average molecular weight is 360 g/mol. The number of fused-ring (bicyclic) bond motifs is 1. The molecule has 6 nitrogen and oxygen atoms in total. The summed E-state index contributed by atoms with van der Waals surface area (Å²) >= 11 is 0. The smallest absolute Gasteiger partial charge is 0.231 e. The van der Waals surface area contributed by atoms with Crippen LogP contribution >= 0.6 is 0 Å². The molecule has 0 unspecified atom stereocenters. The highest BCUT2D eigenvalue weighted by atomic mass is 19.1. The molecule has 0 aliphatic heterocycles. The fourth-order valence-electron chi connectivity index (χ4n) is 2.69. The Hall–Kier alpha value is -3.00. The predicted molar refractivity (Wildman–Crippen MR) is 92.7 cm³/mol. The van der Waals surface area contributed by atoms with Gasteiger partial charge in [-0.05, 0) is 31.2 Å². The first-order valence-corrected chi connectivity index (χ1v) is 8.09. The van der Waals surface area contributed by atoms with Crippen molar-refractivity contribution >= 4 is 16.9 Å². The number of primary amides is 1. The van der Waals surface area contributed by atoms with Crippen LogP contribution in [-0.4, -0.2) is 22.0 Å². The van der Waals surface area contributed by atoms with E-state index < -0.39 is 17.5 Å². The molecule has 136 valence electrons. The molecular formula is C18H18F2N4O2. The van der Waals surface area contributed by atoms with Crippen LogP contribution in [-0.2, 0) is 17.9 Å². The van der Waals surface area contributed by atoms with Crippen molar-refractivity contribution in [3.63, 3.8) is 0 Å². The van der Waals surface area contributed by atoms with E-state index in [0.717, 1.165) is 29.0 Å². The SMILES string of the molecule is CCn1c(CNCC(N)=O)nc2ccc(Oc3ccc(F)cc3F)cc21. The van der Waals surface area contributed by atoms with E-state index in [1.165, 1.54) is 6.07 Å². The largest absolute Gasteiger partial charge is 0.454 e. The summed E-state index contributed by atoms with van der Waals surface area (Å²) in [7, 11) is 0. The molecule has 0 bridgehead atoms. The van der Waals surface area contributed by atoms with Crippen LogP contribution < -0.4 is 15.8 Å². The Labute approximate surface area is 148 Å². The van der Waals surface area contributed by atoms with E-state index >= 15 is 0 Å². The molecule has 1 amide bonds. The molecule has 3 N–H and O–H groups in total. The number of nitrogens with zero attached hydrogens (tertiary/aromatic N) is 2. The van der Waals surface area contributed by atoms with Crippen LogP contribution in [0.4, 0.5) is 8.78 Å². The van der Waals surface area contributed by atoms with Gasteiger partial charge in [0.05, 0.1) is 24.1 Å². The number of aryl methyl sites for hydroxylation is 1. The highest BCUT2D eigenvalue weighted by Crippen LogP contribution is 2.28.